The lowest BCUT2D eigenvalue weighted by atomic mass is 10.1. The first-order chi connectivity index (χ1) is 7.13. The fourth-order valence-corrected chi connectivity index (χ4v) is 1.51. The van der Waals surface area contributed by atoms with Crippen LogP contribution in [0.5, 0.6) is 0 Å². The van der Waals surface area contributed by atoms with Crippen molar-refractivity contribution in [1.29, 1.82) is 0 Å². The highest BCUT2D eigenvalue weighted by Gasteiger charge is 2.01. The van der Waals surface area contributed by atoms with Crippen LogP contribution in [0, 0.1) is 0 Å². The molecule has 1 aromatic rings. The summed E-state index contributed by atoms with van der Waals surface area (Å²) in [5, 5.41) is 8.78. The molecule has 0 bridgehead atoms. The molecular formula is C11H16N2OS. The normalized spacial score (nSPS) is 10.6. The number of likely N-dealkylation sites (N-methyl/N-ethyl adjacent to an activating group) is 1. The molecule has 15 heavy (non-hydrogen) atoms. The predicted octanol–water partition coefficient (Wildman–Crippen LogP) is 0.745. The van der Waals surface area contributed by atoms with Gasteiger partial charge in [-0.1, -0.05) is 30.4 Å². The van der Waals surface area contributed by atoms with Crippen LogP contribution in [-0.2, 0) is 6.54 Å². The van der Waals surface area contributed by atoms with Gasteiger partial charge < -0.3 is 10.8 Å². The highest BCUT2D eigenvalue weighted by Crippen LogP contribution is 2.07. The maximum Gasteiger partial charge on any atom is 0.103 e. The molecule has 82 valence electrons. The minimum atomic E-state index is 0.172. The average Bonchev–Trinajstić information content (AvgIpc) is 2.18. The number of aliphatic hydroxyl groups is 1. The number of thiocarbonyl (C=S) groups is 1. The molecule has 0 spiro atoms. The van der Waals surface area contributed by atoms with Crippen LogP contribution in [0.2, 0.25) is 0 Å². The molecule has 4 heteroatoms. The van der Waals surface area contributed by atoms with Crippen LogP contribution in [0.15, 0.2) is 24.3 Å². The van der Waals surface area contributed by atoms with Crippen LogP contribution >= 0.6 is 12.2 Å². The van der Waals surface area contributed by atoms with E-state index in [0.717, 1.165) is 17.7 Å². The van der Waals surface area contributed by atoms with Gasteiger partial charge in [-0.2, -0.15) is 0 Å². The minimum absolute atomic E-state index is 0.172. The topological polar surface area (TPSA) is 49.5 Å². The predicted molar refractivity (Wildman–Crippen MR) is 65.7 cm³/mol. The molecule has 0 aliphatic rings. The summed E-state index contributed by atoms with van der Waals surface area (Å²) in [7, 11) is 1.96. The van der Waals surface area contributed by atoms with Gasteiger partial charge in [0.25, 0.3) is 0 Å². The van der Waals surface area contributed by atoms with Crippen molar-refractivity contribution in [2.45, 2.75) is 6.54 Å². The van der Waals surface area contributed by atoms with E-state index in [4.69, 9.17) is 23.1 Å². The van der Waals surface area contributed by atoms with Gasteiger partial charge in [0.05, 0.1) is 6.61 Å². The monoisotopic (exact) mass is 224 g/mol. The van der Waals surface area contributed by atoms with Crippen molar-refractivity contribution in [3.8, 4) is 0 Å². The molecule has 3 nitrogen and oxygen atoms in total. The van der Waals surface area contributed by atoms with Crippen molar-refractivity contribution in [1.82, 2.24) is 4.90 Å². The fourth-order valence-electron chi connectivity index (χ4n) is 1.38. The number of rotatable bonds is 5. The van der Waals surface area contributed by atoms with Gasteiger partial charge in [-0.3, -0.25) is 4.90 Å². The van der Waals surface area contributed by atoms with E-state index in [1.54, 1.807) is 0 Å². The number of hydrogen-bond donors (Lipinski definition) is 2. The number of hydrogen-bond acceptors (Lipinski definition) is 3. The van der Waals surface area contributed by atoms with Crippen LogP contribution in [0.1, 0.15) is 11.1 Å². The summed E-state index contributed by atoms with van der Waals surface area (Å²) in [6.45, 7) is 1.62. The van der Waals surface area contributed by atoms with Gasteiger partial charge in [-0.25, -0.2) is 0 Å². The van der Waals surface area contributed by atoms with Gasteiger partial charge in [0, 0.05) is 18.7 Å². The Hall–Kier alpha value is -0.970. The van der Waals surface area contributed by atoms with Gasteiger partial charge in [0.1, 0.15) is 4.99 Å². The van der Waals surface area contributed by atoms with Crippen LogP contribution < -0.4 is 5.73 Å². The van der Waals surface area contributed by atoms with E-state index in [-0.39, 0.29) is 6.61 Å². The Bertz CT molecular complexity index is 341. The molecule has 0 amide bonds. The van der Waals surface area contributed by atoms with Crippen molar-refractivity contribution in [2.24, 2.45) is 5.73 Å². The summed E-state index contributed by atoms with van der Waals surface area (Å²) in [6, 6.07) is 7.85. The Morgan fingerprint density at radius 3 is 2.87 bits per heavy atom. The average molecular weight is 224 g/mol. The highest BCUT2D eigenvalue weighted by molar-refractivity contribution is 7.80. The maximum absolute atomic E-state index is 8.78. The summed E-state index contributed by atoms with van der Waals surface area (Å²) in [6.07, 6.45) is 0. The largest absolute Gasteiger partial charge is 0.395 e. The Balaban J connectivity index is 2.69. The van der Waals surface area contributed by atoms with Gasteiger partial charge >= 0.3 is 0 Å². The van der Waals surface area contributed by atoms with Crippen molar-refractivity contribution < 1.29 is 5.11 Å². The third kappa shape index (κ3) is 3.95. The van der Waals surface area contributed by atoms with E-state index < -0.39 is 0 Å². The Morgan fingerprint density at radius 1 is 1.53 bits per heavy atom. The molecule has 0 saturated heterocycles. The molecule has 0 aromatic heterocycles. The molecule has 0 aliphatic heterocycles. The number of benzene rings is 1. The van der Waals surface area contributed by atoms with Crippen LogP contribution in [0.25, 0.3) is 0 Å². The van der Waals surface area contributed by atoms with E-state index in [2.05, 4.69) is 0 Å². The lowest BCUT2D eigenvalue weighted by Gasteiger charge is -2.15. The SMILES string of the molecule is CN(CCO)Cc1cccc(C(N)=S)c1. The molecule has 0 heterocycles. The van der Waals surface area contributed by atoms with Crippen LogP contribution in [-0.4, -0.2) is 35.2 Å². The lowest BCUT2D eigenvalue weighted by Crippen LogP contribution is -2.21. The molecule has 0 unspecified atom stereocenters. The zero-order chi connectivity index (χ0) is 11.3. The van der Waals surface area contributed by atoms with E-state index in [1.807, 2.05) is 36.2 Å². The van der Waals surface area contributed by atoms with Gasteiger partial charge in [0.15, 0.2) is 0 Å². The first-order valence-electron chi connectivity index (χ1n) is 4.81. The van der Waals surface area contributed by atoms with E-state index >= 15 is 0 Å². The smallest absolute Gasteiger partial charge is 0.103 e. The minimum Gasteiger partial charge on any atom is -0.395 e. The third-order valence-corrected chi connectivity index (χ3v) is 2.38. The first kappa shape index (κ1) is 12.1. The second-order valence-electron chi connectivity index (χ2n) is 3.53. The second kappa shape index (κ2) is 5.80. The van der Waals surface area contributed by atoms with E-state index in [1.165, 1.54) is 0 Å². The molecular weight excluding hydrogens is 208 g/mol. The molecule has 0 atom stereocenters. The standard InChI is InChI=1S/C11H16N2OS/c1-13(5-6-14)8-9-3-2-4-10(7-9)11(12)15/h2-4,7,14H,5-6,8H2,1H3,(H2,12,15). The zero-order valence-corrected chi connectivity index (χ0v) is 9.63. The number of nitrogens with zero attached hydrogens (tertiary/aromatic N) is 1. The lowest BCUT2D eigenvalue weighted by molar-refractivity contribution is 0.217. The van der Waals surface area contributed by atoms with Crippen molar-refractivity contribution in [3.05, 3.63) is 35.4 Å². The second-order valence-corrected chi connectivity index (χ2v) is 3.97. The van der Waals surface area contributed by atoms with Gasteiger partial charge in [-0.05, 0) is 18.7 Å². The number of nitrogens with two attached hydrogens (primary N) is 1. The third-order valence-electron chi connectivity index (χ3n) is 2.15. The molecule has 0 radical (unpaired) electrons. The van der Waals surface area contributed by atoms with Gasteiger partial charge in [0.2, 0.25) is 0 Å². The zero-order valence-electron chi connectivity index (χ0n) is 8.81. The molecule has 0 aliphatic carbocycles. The Kier molecular flexibility index (Phi) is 4.68. The van der Waals surface area contributed by atoms with Gasteiger partial charge in [-0.15, -0.1) is 0 Å². The molecule has 3 N–H and O–H groups in total. The molecule has 1 aromatic carbocycles. The first-order valence-corrected chi connectivity index (χ1v) is 5.22. The molecule has 0 saturated carbocycles. The molecule has 1 rings (SSSR count). The summed E-state index contributed by atoms with van der Waals surface area (Å²) in [5.41, 5.74) is 7.59. The quantitative estimate of drug-likeness (QED) is 0.725. The van der Waals surface area contributed by atoms with E-state index in [9.17, 15) is 0 Å². The Morgan fingerprint density at radius 2 is 2.27 bits per heavy atom. The summed E-state index contributed by atoms with van der Waals surface area (Å²) < 4.78 is 0. The molecule has 0 fully saturated rings. The fraction of sp³-hybridized carbons (Fsp3) is 0.364. The van der Waals surface area contributed by atoms with Crippen molar-refractivity contribution in [3.63, 3.8) is 0 Å². The van der Waals surface area contributed by atoms with Crippen LogP contribution in [0.3, 0.4) is 0 Å². The van der Waals surface area contributed by atoms with Crippen LogP contribution in [0.4, 0.5) is 0 Å². The number of aliphatic hydroxyl groups excluding tert-OH is 1. The van der Waals surface area contributed by atoms with E-state index in [0.29, 0.717) is 11.5 Å². The summed E-state index contributed by atoms with van der Waals surface area (Å²) in [4.78, 5) is 2.46. The summed E-state index contributed by atoms with van der Waals surface area (Å²) >= 11 is 4.91. The summed E-state index contributed by atoms with van der Waals surface area (Å²) in [5.74, 6) is 0. The Labute approximate surface area is 95.5 Å². The van der Waals surface area contributed by atoms with Crippen molar-refractivity contribution in [2.75, 3.05) is 20.2 Å². The highest BCUT2D eigenvalue weighted by atomic mass is 32.1. The maximum atomic E-state index is 8.78. The van der Waals surface area contributed by atoms with Crippen molar-refractivity contribution >= 4 is 17.2 Å².